The van der Waals surface area contributed by atoms with Gasteiger partial charge in [0.25, 0.3) is 0 Å². The van der Waals surface area contributed by atoms with Crippen molar-refractivity contribution in [3.63, 3.8) is 0 Å². The lowest BCUT2D eigenvalue weighted by atomic mass is 9.67. The summed E-state index contributed by atoms with van der Waals surface area (Å²) in [6, 6.07) is 36.1. The molecule has 0 radical (unpaired) electrons. The lowest BCUT2D eigenvalue weighted by Crippen LogP contribution is -2.32. The van der Waals surface area contributed by atoms with Gasteiger partial charge in [0.15, 0.2) is 34.7 Å². The lowest BCUT2D eigenvalue weighted by molar-refractivity contribution is -0.137. The molecule has 0 atom stereocenters. The molecule has 0 aliphatic heterocycles. The first-order valence-corrected chi connectivity index (χ1v) is 45.7. The topological polar surface area (TPSA) is 397 Å². The minimum Gasteiger partial charge on any atom is -0.497 e. The summed E-state index contributed by atoms with van der Waals surface area (Å²) in [5.41, 5.74) is 4.38. The van der Waals surface area contributed by atoms with Gasteiger partial charge in [0, 0.05) is 157 Å². The van der Waals surface area contributed by atoms with E-state index < -0.39 is 97.4 Å². The molecule has 6 aromatic heterocycles. The van der Waals surface area contributed by atoms with Gasteiger partial charge in [-0.25, -0.2) is 81.8 Å². The van der Waals surface area contributed by atoms with E-state index in [1.165, 1.54) is 160 Å². The number of halogens is 8. The van der Waals surface area contributed by atoms with Crippen LogP contribution < -0.4 is 9.47 Å². The summed E-state index contributed by atoms with van der Waals surface area (Å²) >= 11 is 0. The average molecular weight is 1910 g/mol. The van der Waals surface area contributed by atoms with Crippen LogP contribution in [0.4, 0.5) is 35.1 Å². The molecular weight excluding hydrogens is 1810 g/mol. The van der Waals surface area contributed by atoms with Crippen LogP contribution in [0.1, 0.15) is 252 Å². The maximum absolute atomic E-state index is 14.0. The number of ether oxygens (including phenoxy) is 2. The SMILES string of the molecule is COc1ccc(C2(Cc3ncc(C(=O)CO)cn3)CCCCC2)cc1.COc1cccc(C2(Cc3ncc(C(=O)CO)cn3)CC2)c1.O=C(CO)c1cnc(CC2(c3c(F)cccc3F)CC2)nc1.O=C(CO)c1cnc(CC2(c3ccc(F)cc3F)CC2)nc1.O=C(CO)c1cnc(CC2(c3cccc(C(F)(F)F)c3)CC2)nc1.O=C(CO)c1cnc(CC2(c3cccc(F)c3)CCCCC2)nc1. The lowest BCUT2D eigenvalue weighted by Gasteiger charge is -2.37. The van der Waals surface area contributed by atoms with E-state index in [1.807, 2.05) is 30.3 Å². The number of aliphatic hydroxyl groups excluding tert-OH is 6. The molecule has 6 saturated carbocycles. The van der Waals surface area contributed by atoms with E-state index in [9.17, 15) is 63.9 Å². The summed E-state index contributed by atoms with van der Waals surface area (Å²) in [6.45, 7) is -3.39. The summed E-state index contributed by atoms with van der Waals surface area (Å²) in [5.74, 6) is 0.259. The monoisotopic (exact) mass is 1910 g/mol. The molecule has 6 aromatic carbocycles. The van der Waals surface area contributed by atoms with Gasteiger partial charge in [-0.2, -0.15) is 13.2 Å². The van der Waals surface area contributed by atoms with E-state index in [1.54, 1.807) is 32.4 Å². The predicted molar refractivity (Wildman–Crippen MR) is 493 cm³/mol. The van der Waals surface area contributed by atoms with Gasteiger partial charge >= 0.3 is 6.18 Å². The van der Waals surface area contributed by atoms with E-state index in [2.05, 4.69) is 84.1 Å². The third-order valence-electron chi connectivity index (χ3n) is 26.7. The summed E-state index contributed by atoms with van der Waals surface area (Å²) in [7, 11) is 3.34. The highest BCUT2D eigenvalue weighted by molar-refractivity contribution is 5.98. The Morgan fingerprint density at radius 1 is 0.288 bits per heavy atom. The standard InChI is InChI=1S/C20H24N2O3.C19H21FN2O2.C17H15F3N2O2.C17H18N2O3.2C16H14F2N2O2/c1-25-17-7-5-16(6-8-17)20(9-3-2-4-10-20)11-19-21-12-15(13-22-19)18(24)14-23;20-16-6-4-5-15(9-16)19(7-2-1-3-8-19)10-18-21-11-14(12-22-18)17(24)13-23;18-17(19,20)13-3-1-2-12(6-13)16(4-5-16)7-15-21-8-11(9-22-15)14(24)10-23;1-22-14-4-2-3-13(7-14)17(5-6-17)8-16-18-9-12(10-19-16)15(21)11-20;17-11-1-2-12(13(18)5-11)16(3-4-16)6-15-19-7-10(8-20-15)14(22)9-21;17-11-2-1-3-12(18)15(11)16(4-5-16)6-14-19-7-10(8-20-14)13(22)9-21/h5-8,12-13,23H,2-4,9-11,14H2,1H3;4-6,9,11-12,23H,1-3,7-8,10,13H2;1-3,6,8-9,23H,4-5,7,10H2;2-4,7,9-10,20H,5-6,8,11H2,1H3;1-2,5,7-8,21H,3-4,6,9H2;1-3,7-8,21H,4-6,9H2. The van der Waals surface area contributed by atoms with E-state index in [-0.39, 0.29) is 72.5 Å². The van der Waals surface area contributed by atoms with Gasteiger partial charge in [0.05, 0.1) is 53.2 Å². The van der Waals surface area contributed by atoms with Crippen molar-refractivity contribution in [2.24, 2.45) is 0 Å². The van der Waals surface area contributed by atoms with Crippen molar-refractivity contribution in [2.75, 3.05) is 53.9 Å². The van der Waals surface area contributed by atoms with Crippen molar-refractivity contribution in [3.05, 3.63) is 344 Å². The van der Waals surface area contributed by atoms with Crippen molar-refractivity contribution in [1.82, 2.24) is 59.8 Å². The van der Waals surface area contributed by atoms with Gasteiger partial charge in [0.2, 0.25) is 0 Å². The highest BCUT2D eigenvalue weighted by Gasteiger charge is 2.51. The molecule has 6 aliphatic carbocycles. The number of carbonyl (C=O) groups excluding carboxylic acids is 6. The molecule has 26 nitrogen and oxygen atoms in total. The highest BCUT2D eigenvalue weighted by Crippen LogP contribution is 2.55. The molecule has 6 fully saturated rings. The van der Waals surface area contributed by atoms with E-state index in [0.29, 0.717) is 89.6 Å². The van der Waals surface area contributed by atoms with Crippen LogP contribution in [0.5, 0.6) is 11.5 Å². The van der Waals surface area contributed by atoms with Crippen LogP contribution >= 0.6 is 0 Å². The molecule has 34 heteroatoms. The van der Waals surface area contributed by atoms with Gasteiger partial charge in [0.1, 0.15) is 115 Å². The van der Waals surface area contributed by atoms with Crippen LogP contribution in [0, 0.1) is 29.1 Å². The number of benzene rings is 6. The molecule has 139 heavy (non-hydrogen) atoms. The maximum atomic E-state index is 14.0. The molecule has 6 aliphatic rings. The number of hydrogen-bond donors (Lipinski definition) is 6. The first-order chi connectivity index (χ1) is 66.9. The molecule has 0 saturated heterocycles. The van der Waals surface area contributed by atoms with Crippen LogP contribution in [0.3, 0.4) is 0 Å². The number of hydrogen-bond acceptors (Lipinski definition) is 26. The van der Waals surface area contributed by atoms with Crippen molar-refractivity contribution in [3.8, 4) is 11.5 Å². The van der Waals surface area contributed by atoms with Crippen molar-refractivity contribution >= 4 is 34.7 Å². The van der Waals surface area contributed by atoms with Gasteiger partial charge in [-0.3, -0.25) is 28.8 Å². The normalized spacial score (nSPS) is 16.0. The summed E-state index contributed by atoms with van der Waals surface area (Å²) < 4.78 is 118. The number of rotatable bonds is 32. The molecular formula is C105H106F8N12O14. The Balaban J connectivity index is 0.000000141. The number of aliphatic hydroxyl groups is 6. The second-order valence-electron chi connectivity index (χ2n) is 35.9. The van der Waals surface area contributed by atoms with Crippen molar-refractivity contribution in [1.29, 1.82) is 0 Å². The summed E-state index contributed by atoms with van der Waals surface area (Å²) in [5, 5.41) is 53.0. The Morgan fingerprint density at radius 2 is 0.576 bits per heavy atom. The molecule has 0 amide bonds. The first kappa shape index (κ1) is 103. The quantitative estimate of drug-likeness (QED) is 0.0168. The Labute approximate surface area is 796 Å². The van der Waals surface area contributed by atoms with Crippen LogP contribution in [0.15, 0.2) is 208 Å². The molecule has 726 valence electrons. The Hall–Kier alpha value is -13.4. The van der Waals surface area contributed by atoms with Crippen LogP contribution in [0.25, 0.3) is 0 Å². The largest absolute Gasteiger partial charge is 0.497 e. The van der Waals surface area contributed by atoms with E-state index in [0.717, 1.165) is 131 Å². The van der Waals surface area contributed by atoms with Crippen molar-refractivity contribution in [2.45, 2.75) is 193 Å². The number of ketones is 6. The molecule has 12 aromatic rings. The molecule has 18 rings (SSSR count). The fraction of sp³-hybridized carbons (Fsp3) is 0.371. The Kier molecular flexibility index (Phi) is 34.4. The fourth-order valence-corrected chi connectivity index (χ4v) is 18.0. The molecule has 6 N–H and O–H groups in total. The fourth-order valence-electron chi connectivity index (χ4n) is 18.0. The number of methoxy groups -OCH3 is 2. The summed E-state index contributed by atoms with van der Waals surface area (Å²) in [6.07, 6.45) is 33.9. The van der Waals surface area contributed by atoms with E-state index in [4.69, 9.17) is 40.1 Å². The number of carbonyl (C=O) groups is 6. The van der Waals surface area contributed by atoms with Gasteiger partial charge in [-0.1, -0.05) is 105 Å². The maximum Gasteiger partial charge on any atom is 0.416 e. The molecule has 0 bridgehead atoms. The molecule has 6 heterocycles. The van der Waals surface area contributed by atoms with Crippen LogP contribution in [-0.4, -0.2) is 179 Å². The number of alkyl halides is 3. The first-order valence-electron chi connectivity index (χ1n) is 45.7. The smallest absolute Gasteiger partial charge is 0.416 e. The molecule has 0 unspecified atom stereocenters. The Morgan fingerprint density at radius 3 is 0.892 bits per heavy atom. The van der Waals surface area contributed by atoms with Gasteiger partial charge < -0.3 is 40.1 Å². The number of nitrogens with zero attached hydrogens (tertiary/aromatic N) is 12. The van der Waals surface area contributed by atoms with Gasteiger partial charge in [-0.05, 0) is 166 Å². The Bertz CT molecular complexity index is 6210. The number of Topliss-reactive ketones (excluding diaryl/α,β-unsaturated/α-hetero) is 6. The predicted octanol–water partition coefficient (Wildman–Crippen LogP) is 15.6. The van der Waals surface area contributed by atoms with Gasteiger partial charge in [-0.15, -0.1) is 0 Å². The zero-order valence-corrected chi connectivity index (χ0v) is 76.7. The number of aromatic nitrogens is 12. The second-order valence-corrected chi connectivity index (χ2v) is 35.9. The minimum atomic E-state index is -4.37. The molecule has 0 spiro atoms. The minimum absolute atomic E-state index is 0.0347. The van der Waals surface area contributed by atoms with E-state index >= 15 is 0 Å². The second kappa shape index (κ2) is 46.4. The van der Waals surface area contributed by atoms with Crippen molar-refractivity contribution < 1.29 is 104 Å². The zero-order chi connectivity index (χ0) is 99.1. The third kappa shape index (κ3) is 26.6. The van der Waals surface area contributed by atoms with Crippen LogP contribution in [0.2, 0.25) is 0 Å². The third-order valence-corrected chi connectivity index (χ3v) is 26.7. The highest BCUT2D eigenvalue weighted by atomic mass is 19.4. The van der Waals surface area contributed by atoms with Crippen LogP contribution in [-0.2, 0) is 77.2 Å². The zero-order valence-electron chi connectivity index (χ0n) is 76.7. The summed E-state index contributed by atoms with van der Waals surface area (Å²) in [4.78, 5) is 119. The average Bonchev–Trinajstić information content (AvgIpc) is 1.60.